The van der Waals surface area contributed by atoms with Gasteiger partial charge < -0.3 is 15.2 Å². The van der Waals surface area contributed by atoms with Gasteiger partial charge in [-0.05, 0) is 35.3 Å². The van der Waals surface area contributed by atoms with E-state index < -0.39 is 5.97 Å². The highest BCUT2D eigenvalue weighted by atomic mass is 79.9. The summed E-state index contributed by atoms with van der Waals surface area (Å²) in [4.78, 5) is 21.2. The first kappa shape index (κ1) is 16.0. The largest absolute Gasteiger partial charge is 0.480 e. The van der Waals surface area contributed by atoms with Crippen molar-refractivity contribution in [3.63, 3.8) is 0 Å². The Morgan fingerprint density at radius 2 is 2.33 bits per heavy atom. The molecular weight excluding hydrogens is 340 g/mol. The Bertz CT molecular complexity index is 508. The summed E-state index contributed by atoms with van der Waals surface area (Å²) in [6.45, 7) is 2.81. The van der Waals surface area contributed by atoms with E-state index in [0.717, 1.165) is 19.4 Å². The molecule has 0 bridgehead atoms. The van der Waals surface area contributed by atoms with Gasteiger partial charge in [0.2, 0.25) is 11.8 Å². The third-order valence-electron chi connectivity index (χ3n) is 3.61. The first-order valence-electron chi connectivity index (χ1n) is 6.82. The van der Waals surface area contributed by atoms with Gasteiger partial charge in [0.05, 0.1) is 24.3 Å². The summed E-state index contributed by atoms with van der Waals surface area (Å²) in [7, 11) is 1.56. The van der Waals surface area contributed by atoms with Crippen molar-refractivity contribution in [2.24, 2.45) is 0 Å². The molecule has 1 aromatic heterocycles. The molecule has 0 atom stereocenters. The van der Waals surface area contributed by atoms with E-state index in [1.165, 1.54) is 0 Å². The number of hydrogen-bond donors (Lipinski definition) is 2. The van der Waals surface area contributed by atoms with Gasteiger partial charge in [-0.3, -0.25) is 9.69 Å². The SMILES string of the molecule is CCN(CC(=O)O)C1CC(Nc2ncc(Br)c(OC)n2)C1. The number of aromatic nitrogens is 2. The van der Waals surface area contributed by atoms with Gasteiger partial charge in [-0.2, -0.15) is 4.98 Å². The minimum atomic E-state index is -0.783. The molecule has 0 spiro atoms. The molecule has 2 N–H and O–H groups in total. The number of anilines is 1. The zero-order valence-electron chi connectivity index (χ0n) is 12.0. The van der Waals surface area contributed by atoms with Crippen molar-refractivity contribution in [1.29, 1.82) is 0 Å². The second kappa shape index (κ2) is 7.04. The first-order chi connectivity index (χ1) is 10.0. The molecule has 1 aliphatic carbocycles. The average Bonchev–Trinajstić information content (AvgIpc) is 2.41. The number of carboxylic acid groups (broad SMARTS) is 1. The molecule has 0 radical (unpaired) electrons. The van der Waals surface area contributed by atoms with Crippen molar-refractivity contribution in [2.45, 2.75) is 31.8 Å². The highest BCUT2D eigenvalue weighted by Gasteiger charge is 2.34. The van der Waals surface area contributed by atoms with Crippen molar-refractivity contribution in [2.75, 3.05) is 25.5 Å². The number of halogens is 1. The highest BCUT2D eigenvalue weighted by molar-refractivity contribution is 9.10. The molecule has 0 aromatic carbocycles. The first-order valence-corrected chi connectivity index (χ1v) is 7.61. The number of aliphatic carboxylic acids is 1. The molecule has 7 nitrogen and oxygen atoms in total. The summed E-state index contributed by atoms with van der Waals surface area (Å²) in [6.07, 6.45) is 3.43. The molecule has 1 heterocycles. The van der Waals surface area contributed by atoms with Crippen molar-refractivity contribution in [3.8, 4) is 5.88 Å². The van der Waals surface area contributed by atoms with Crippen LogP contribution in [0.2, 0.25) is 0 Å². The standard InChI is InChI=1S/C13H19BrN4O3/c1-3-18(7-11(19)20)9-4-8(5-9)16-13-15-6-10(14)12(17-13)21-2/h6,8-9H,3-5,7H2,1-2H3,(H,19,20)(H,15,16,17). The number of likely N-dealkylation sites (N-methyl/N-ethyl adjacent to an activating group) is 1. The van der Waals surface area contributed by atoms with Crippen molar-refractivity contribution in [1.82, 2.24) is 14.9 Å². The van der Waals surface area contributed by atoms with Crippen LogP contribution < -0.4 is 10.1 Å². The van der Waals surface area contributed by atoms with Crippen molar-refractivity contribution in [3.05, 3.63) is 10.7 Å². The van der Waals surface area contributed by atoms with Gasteiger partial charge in [0.15, 0.2) is 0 Å². The topological polar surface area (TPSA) is 87.6 Å². The fourth-order valence-electron chi connectivity index (χ4n) is 2.42. The van der Waals surface area contributed by atoms with E-state index in [1.54, 1.807) is 13.3 Å². The molecular formula is C13H19BrN4O3. The molecule has 1 aromatic rings. The number of ether oxygens (including phenoxy) is 1. The molecule has 116 valence electrons. The van der Waals surface area contributed by atoms with Crippen LogP contribution in [0.25, 0.3) is 0 Å². The van der Waals surface area contributed by atoms with Gasteiger partial charge in [0, 0.05) is 12.1 Å². The molecule has 21 heavy (non-hydrogen) atoms. The molecule has 1 saturated carbocycles. The lowest BCUT2D eigenvalue weighted by atomic mass is 9.85. The second-order valence-electron chi connectivity index (χ2n) is 4.97. The number of carboxylic acids is 1. The molecule has 1 aliphatic rings. The normalized spacial score (nSPS) is 21.0. The maximum absolute atomic E-state index is 10.8. The summed E-state index contributed by atoms with van der Waals surface area (Å²) in [5, 5.41) is 12.1. The van der Waals surface area contributed by atoms with Gasteiger partial charge in [0.1, 0.15) is 0 Å². The molecule has 2 rings (SSSR count). The van der Waals surface area contributed by atoms with Crippen LogP contribution in [0.3, 0.4) is 0 Å². The summed E-state index contributed by atoms with van der Waals surface area (Å²) in [5.74, 6) is 0.235. The molecule has 8 heteroatoms. The van der Waals surface area contributed by atoms with Crippen molar-refractivity contribution < 1.29 is 14.6 Å². The highest BCUT2D eigenvalue weighted by Crippen LogP contribution is 2.29. The van der Waals surface area contributed by atoms with E-state index in [9.17, 15) is 4.79 Å². The lowest BCUT2D eigenvalue weighted by Gasteiger charge is -2.42. The summed E-state index contributed by atoms with van der Waals surface area (Å²) in [6, 6.07) is 0.574. The van der Waals surface area contributed by atoms with E-state index in [0.29, 0.717) is 22.3 Å². The van der Waals surface area contributed by atoms with Crippen LogP contribution in [0.15, 0.2) is 10.7 Å². The zero-order valence-corrected chi connectivity index (χ0v) is 13.6. The van der Waals surface area contributed by atoms with Crippen LogP contribution in [0.1, 0.15) is 19.8 Å². The van der Waals surface area contributed by atoms with Gasteiger partial charge in [-0.15, -0.1) is 0 Å². The lowest BCUT2D eigenvalue weighted by molar-refractivity contribution is -0.139. The maximum Gasteiger partial charge on any atom is 0.317 e. The number of hydrogen-bond acceptors (Lipinski definition) is 6. The minimum Gasteiger partial charge on any atom is -0.480 e. The number of carbonyl (C=O) groups is 1. The van der Waals surface area contributed by atoms with Crippen LogP contribution in [0.4, 0.5) is 5.95 Å². The minimum absolute atomic E-state index is 0.0937. The Kier molecular flexibility index (Phi) is 5.35. The summed E-state index contributed by atoms with van der Waals surface area (Å²) < 4.78 is 5.84. The van der Waals surface area contributed by atoms with E-state index in [4.69, 9.17) is 9.84 Å². The number of rotatable bonds is 7. The number of nitrogens with zero attached hydrogens (tertiary/aromatic N) is 3. The quantitative estimate of drug-likeness (QED) is 0.765. The Morgan fingerprint density at radius 1 is 1.62 bits per heavy atom. The summed E-state index contributed by atoms with van der Waals surface area (Å²) >= 11 is 3.31. The van der Waals surface area contributed by atoms with Gasteiger partial charge in [-0.1, -0.05) is 6.92 Å². The van der Waals surface area contributed by atoms with Crippen LogP contribution >= 0.6 is 15.9 Å². The van der Waals surface area contributed by atoms with Crippen LogP contribution in [-0.2, 0) is 4.79 Å². The van der Waals surface area contributed by atoms with Gasteiger partial charge >= 0.3 is 5.97 Å². The fourth-order valence-corrected chi connectivity index (χ4v) is 2.78. The molecule has 0 saturated heterocycles. The molecule has 0 amide bonds. The monoisotopic (exact) mass is 358 g/mol. The smallest absolute Gasteiger partial charge is 0.317 e. The van der Waals surface area contributed by atoms with Crippen LogP contribution in [-0.4, -0.2) is 58.2 Å². The average molecular weight is 359 g/mol. The van der Waals surface area contributed by atoms with E-state index >= 15 is 0 Å². The van der Waals surface area contributed by atoms with Crippen LogP contribution in [0.5, 0.6) is 5.88 Å². The molecule has 1 fully saturated rings. The van der Waals surface area contributed by atoms with Gasteiger partial charge in [-0.25, -0.2) is 4.98 Å². The second-order valence-corrected chi connectivity index (χ2v) is 5.83. The third-order valence-corrected chi connectivity index (χ3v) is 4.16. The van der Waals surface area contributed by atoms with E-state index in [2.05, 4.69) is 31.2 Å². The number of methoxy groups -OCH3 is 1. The van der Waals surface area contributed by atoms with Gasteiger partial charge in [0.25, 0.3) is 0 Å². The lowest BCUT2D eigenvalue weighted by Crippen LogP contribution is -2.51. The van der Waals surface area contributed by atoms with E-state index in [-0.39, 0.29) is 12.6 Å². The van der Waals surface area contributed by atoms with Crippen molar-refractivity contribution >= 4 is 27.8 Å². The number of nitrogens with one attached hydrogen (secondary N) is 1. The summed E-state index contributed by atoms with van der Waals surface area (Å²) in [5.41, 5.74) is 0. The molecule has 0 aliphatic heterocycles. The molecule has 0 unspecified atom stereocenters. The Morgan fingerprint density at radius 3 is 2.90 bits per heavy atom. The van der Waals surface area contributed by atoms with Crippen LogP contribution in [0, 0.1) is 0 Å². The Balaban J connectivity index is 1.86. The van der Waals surface area contributed by atoms with E-state index in [1.807, 2.05) is 11.8 Å². The zero-order chi connectivity index (χ0) is 15.4. The maximum atomic E-state index is 10.8. The predicted octanol–water partition coefficient (Wildman–Crippen LogP) is 1.60. The Hall–Kier alpha value is -1.41. The Labute approximate surface area is 131 Å². The third kappa shape index (κ3) is 4.04. The fraction of sp³-hybridized carbons (Fsp3) is 0.615. The predicted molar refractivity (Wildman–Crippen MR) is 81.6 cm³/mol.